The van der Waals surface area contributed by atoms with Gasteiger partial charge in [-0.05, 0) is 37.3 Å². The number of fused-ring (bicyclic) bond motifs is 1. The Morgan fingerprint density at radius 3 is 2.81 bits per heavy atom. The Kier molecular flexibility index (Phi) is 3.84. The van der Waals surface area contributed by atoms with E-state index in [1.807, 2.05) is 12.1 Å². The van der Waals surface area contributed by atoms with Gasteiger partial charge >= 0.3 is 0 Å². The third kappa shape index (κ3) is 3.32. The highest BCUT2D eigenvalue weighted by Crippen LogP contribution is 2.36. The number of rotatable bonds is 4. The molecule has 0 radical (unpaired) electrons. The van der Waals surface area contributed by atoms with Crippen LogP contribution < -0.4 is 14.8 Å². The molecular formula is C15H22N2O3S. The number of sulfonamides is 1. The summed E-state index contributed by atoms with van der Waals surface area (Å²) >= 11 is 0. The van der Waals surface area contributed by atoms with E-state index in [0.29, 0.717) is 30.0 Å². The fourth-order valence-corrected chi connectivity index (χ4v) is 4.19. The highest BCUT2D eigenvalue weighted by Gasteiger charge is 2.32. The highest BCUT2D eigenvalue weighted by molar-refractivity contribution is 7.89. The van der Waals surface area contributed by atoms with Crippen molar-refractivity contribution in [3.05, 3.63) is 18.2 Å². The molecule has 0 saturated heterocycles. The molecule has 1 aromatic carbocycles. The highest BCUT2D eigenvalue weighted by atomic mass is 32.2. The van der Waals surface area contributed by atoms with Crippen LogP contribution in [0.5, 0.6) is 5.75 Å². The molecule has 1 atom stereocenters. The number of anilines is 1. The van der Waals surface area contributed by atoms with Gasteiger partial charge in [-0.2, -0.15) is 0 Å². The minimum atomic E-state index is -3.56. The Labute approximate surface area is 126 Å². The van der Waals surface area contributed by atoms with Crippen LogP contribution in [-0.4, -0.2) is 27.1 Å². The smallest absolute Gasteiger partial charge is 0.246 e. The molecule has 1 aliphatic heterocycles. The molecule has 1 saturated carbocycles. The first-order valence-corrected chi connectivity index (χ1v) is 8.98. The molecule has 0 bridgehead atoms. The first kappa shape index (κ1) is 14.7. The van der Waals surface area contributed by atoms with Gasteiger partial charge in [0, 0.05) is 6.04 Å². The van der Waals surface area contributed by atoms with Crippen LogP contribution in [0, 0.1) is 5.92 Å². The van der Waals surface area contributed by atoms with Crippen LogP contribution in [-0.2, 0) is 10.0 Å². The minimum Gasteiger partial charge on any atom is -0.490 e. The average Bonchev–Trinajstić information content (AvgIpc) is 3.18. The van der Waals surface area contributed by atoms with Gasteiger partial charge in [-0.1, -0.05) is 19.9 Å². The van der Waals surface area contributed by atoms with Crippen molar-refractivity contribution in [2.45, 2.75) is 50.1 Å². The zero-order valence-electron chi connectivity index (χ0n) is 12.4. The van der Waals surface area contributed by atoms with E-state index in [2.05, 4.69) is 23.9 Å². The van der Waals surface area contributed by atoms with Crippen LogP contribution in [0.25, 0.3) is 0 Å². The maximum Gasteiger partial charge on any atom is 0.246 e. The van der Waals surface area contributed by atoms with Crippen molar-refractivity contribution in [3.8, 4) is 5.75 Å². The predicted molar refractivity (Wildman–Crippen MR) is 82.1 cm³/mol. The molecule has 0 amide bonds. The lowest BCUT2D eigenvalue weighted by molar-refractivity contribution is 0.262. The second-order valence-electron chi connectivity index (χ2n) is 6.31. The van der Waals surface area contributed by atoms with E-state index in [-0.39, 0.29) is 10.9 Å². The summed E-state index contributed by atoms with van der Waals surface area (Å²) in [4.78, 5) is 0.253. The lowest BCUT2D eigenvalue weighted by atomic mass is 10.1. The minimum absolute atomic E-state index is 0.184. The van der Waals surface area contributed by atoms with Crippen molar-refractivity contribution in [1.82, 2.24) is 4.72 Å². The predicted octanol–water partition coefficient (Wildman–Crippen LogP) is 2.35. The van der Waals surface area contributed by atoms with Crippen LogP contribution in [0.3, 0.4) is 0 Å². The third-order valence-corrected chi connectivity index (χ3v) is 5.30. The average molecular weight is 310 g/mol. The topological polar surface area (TPSA) is 67.4 Å². The fourth-order valence-electron chi connectivity index (χ4n) is 2.66. The van der Waals surface area contributed by atoms with Gasteiger partial charge < -0.3 is 10.1 Å². The first-order valence-electron chi connectivity index (χ1n) is 7.50. The number of hydrogen-bond acceptors (Lipinski definition) is 4. The second kappa shape index (κ2) is 5.50. The summed E-state index contributed by atoms with van der Waals surface area (Å²) in [6.07, 6.45) is 2.94. The summed E-state index contributed by atoms with van der Waals surface area (Å²) in [5.74, 6) is 0.853. The number of nitrogens with one attached hydrogen (secondary N) is 2. The van der Waals surface area contributed by atoms with E-state index in [0.717, 1.165) is 19.3 Å². The van der Waals surface area contributed by atoms with Gasteiger partial charge in [0.05, 0.1) is 11.7 Å². The van der Waals surface area contributed by atoms with E-state index < -0.39 is 10.0 Å². The molecule has 0 spiro atoms. The quantitative estimate of drug-likeness (QED) is 0.896. The molecule has 116 valence electrons. The van der Waals surface area contributed by atoms with Gasteiger partial charge in [-0.25, -0.2) is 13.1 Å². The lowest BCUT2D eigenvalue weighted by Gasteiger charge is -2.16. The zero-order chi connectivity index (χ0) is 15.0. The Morgan fingerprint density at radius 2 is 2.14 bits per heavy atom. The van der Waals surface area contributed by atoms with Crippen LogP contribution >= 0.6 is 0 Å². The normalized spacial score (nSPS) is 24.0. The van der Waals surface area contributed by atoms with E-state index in [9.17, 15) is 8.42 Å². The fraction of sp³-hybridized carbons (Fsp3) is 0.600. The van der Waals surface area contributed by atoms with Crippen molar-refractivity contribution in [1.29, 1.82) is 0 Å². The first-order chi connectivity index (χ1) is 9.95. The second-order valence-corrected chi connectivity index (χ2v) is 7.96. The van der Waals surface area contributed by atoms with E-state index in [1.165, 1.54) is 0 Å². The van der Waals surface area contributed by atoms with E-state index in [1.54, 1.807) is 6.07 Å². The lowest BCUT2D eigenvalue weighted by Crippen LogP contribution is -2.37. The van der Waals surface area contributed by atoms with E-state index in [4.69, 9.17) is 4.74 Å². The largest absolute Gasteiger partial charge is 0.490 e. The third-order valence-electron chi connectivity index (χ3n) is 3.70. The van der Waals surface area contributed by atoms with Crippen LogP contribution in [0.15, 0.2) is 23.1 Å². The molecular weight excluding hydrogens is 288 g/mol. The molecule has 1 aliphatic carbocycles. The molecule has 1 aromatic rings. The summed E-state index contributed by atoms with van der Waals surface area (Å²) in [6, 6.07) is 5.58. The standard InChI is InChI=1S/C15H22N2O3S/c1-10(2)8-12-9-20-14-5-3-4-13(16-11-6-7-11)15(14)21(18,19)17-12/h3-5,10-12,16-17H,6-9H2,1-2H3/t12-/m1/s1. The number of ether oxygens (including phenoxy) is 1. The van der Waals surface area contributed by atoms with Gasteiger partial charge in [-0.15, -0.1) is 0 Å². The number of benzene rings is 1. The maximum absolute atomic E-state index is 12.7. The zero-order valence-corrected chi connectivity index (χ0v) is 13.2. The summed E-state index contributed by atoms with van der Waals surface area (Å²) < 4.78 is 33.9. The van der Waals surface area contributed by atoms with Gasteiger partial charge in [0.25, 0.3) is 0 Å². The van der Waals surface area contributed by atoms with Crippen molar-refractivity contribution in [2.75, 3.05) is 11.9 Å². The molecule has 1 fully saturated rings. The molecule has 2 N–H and O–H groups in total. The summed E-state index contributed by atoms with van der Waals surface area (Å²) in [5.41, 5.74) is 0.646. The monoisotopic (exact) mass is 310 g/mol. The van der Waals surface area contributed by atoms with Crippen molar-refractivity contribution in [2.24, 2.45) is 5.92 Å². The van der Waals surface area contributed by atoms with Gasteiger partial charge in [-0.3, -0.25) is 0 Å². The van der Waals surface area contributed by atoms with Gasteiger partial charge in [0.1, 0.15) is 17.3 Å². The summed E-state index contributed by atoms with van der Waals surface area (Å²) in [7, 11) is -3.56. The summed E-state index contributed by atoms with van der Waals surface area (Å²) in [5, 5.41) is 3.28. The molecule has 1 heterocycles. The van der Waals surface area contributed by atoms with Gasteiger partial charge in [0.2, 0.25) is 10.0 Å². The molecule has 0 aromatic heterocycles. The maximum atomic E-state index is 12.7. The molecule has 21 heavy (non-hydrogen) atoms. The Hall–Kier alpha value is -1.27. The summed E-state index contributed by atoms with van der Waals surface area (Å²) in [6.45, 7) is 4.52. The molecule has 6 heteroatoms. The Bertz CT molecular complexity index is 624. The van der Waals surface area contributed by atoms with Crippen molar-refractivity contribution < 1.29 is 13.2 Å². The van der Waals surface area contributed by atoms with Crippen LogP contribution in [0.2, 0.25) is 0 Å². The van der Waals surface area contributed by atoms with E-state index >= 15 is 0 Å². The van der Waals surface area contributed by atoms with Crippen molar-refractivity contribution >= 4 is 15.7 Å². The molecule has 3 rings (SSSR count). The Balaban J connectivity index is 1.94. The number of hydrogen-bond donors (Lipinski definition) is 2. The van der Waals surface area contributed by atoms with Crippen LogP contribution in [0.4, 0.5) is 5.69 Å². The molecule has 0 unspecified atom stereocenters. The van der Waals surface area contributed by atoms with Crippen LogP contribution in [0.1, 0.15) is 33.1 Å². The Morgan fingerprint density at radius 1 is 1.38 bits per heavy atom. The van der Waals surface area contributed by atoms with Crippen molar-refractivity contribution in [3.63, 3.8) is 0 Å². The van der Waals surface area contributed by atoms with Gasteiger partial charge in [0.15, 0.2) is 0 Å². The molecule has 2 aliphatic rings. The SMILES string of the molecule is CC(C)C[C@@H]1COc2cccc(NC3CC3)c2S(=O)(=O)N1. The molecule has 5 nitrogen and oxygen atoms in total.